The largest absolute Gasteiger partial charge is 0.567 e. The summed E-state index contributed by atoms with van der Waals surface area (Å²) in [4.78, 5) is 166. The van der Waals surface area contributed by atoms with E-state index in [0.29, 0.717) is 27.4 Å². The van der Waals surface area contributed by atoms with Crippen LogP contribution in [-0.2, 0) is 802 Å². The minimum atomic E-state index is -2.72. The van der Waals surface area contributed by atoms with Crippen LogP contribution in [0.3, 0.4) is 0 Å². The molecule has 22 radical (unpaired) electrons. The Labute approximate surface area is 1220 Å². The second-order valence-corrected chi connectivity index (χ2v) is 18.0. The van der Waals surface area contributed by atoms with Crippen molar-refractivity contribution in [1.29, 1.82) is 0 Å². The van der Waals surface area contributed by atoms with E-state index in [9.17, 15) is 57.5 Å². The summed E-state index contributed by atoms with van der Waals surface area (Å²) in [5, 5.41) is 0. The molecule has 36 nitrogen and oxygen atoms in total. The summed E-state index contributed by atoms with van der Waals surface area (Å²) in [6, 6.07) is 0. The van der Waals surface area contributed by atoms with Gasteiger partial charge in [-0.05, 0) is 117 Å². The van der Waals surface area contributed by atoms with E-state index in [1.807, 2.05) is 0 Å². The van der Waals surface area contributed by atoms with Crippen molar-refractivity contribution >= 4 is 67.0 Å². The molecular formula is C54H60N24O12Y22-12. The number of nitrogens with zero attached hydrogens (tertiary/aromatic N) is 24. The van der Waals surface area contributed by atoms with Crippen molar-refractivity contribution in [3.05, 3.63) is 204 Å². The fourth-order valence-electron chi connectivity index (χ4n) is 8.43. The van der Waals surface area contributed by atoms with E-state index in [4.69, 9.17) is 21.9 Å². The summed E-state index contributed by atoms with van der Waals surface area (Å²) in [7, 11) is 19.8. The van der Waals surface area contributed by atoms with Crippen LogP contribution >= 0.6 is 0 Å². The van der Waals surface area contributed by atoms with Gasteiger partial charge in [-0.2, -0.15) is 14.1 Å². The van der Waals surface area contributed by atoms with Crippen molar-refractivity contribution < 1.29 is 742 Å². The van der Waals surface area contributed by atoms with E-state index in [1.54, 1.807) is 13.8 Å². The van der Waals surface area contributed by atoms with E-state index in [0.717, 1.165) is 59.5 Å². The number of imidazole rings is 6. The molecule has 112 heavy (non-hydrogen) atoms. The summed E-state index contributed by atoms with van der Waals surface area (Å²) < 4.78 is 133. The van der Waals surface area contributed by atoms with Gasteiger partial charge < -0.3 is 132 Å². The Bertz CT molecular complexity index is 5950. The molecule has 0 N–H and O–H groups in total. The quantitative estimate of drug-likeness (QED) is 0.143. The second-order valence-electron chi connectivity index (χ2n) is 18.0. The Hall–Kier alpha value is 12.4. The molecule has 0 saturated carbocycles. The molecule has 0 fully saturated rings. The van der Waals surface area contributed by atoms with Crippen LogP contribution in [0.5, 0.6) is 0 Å². The molecule has 0 bridgehead atoms. The van der Waals surface area contributed by atoms with Gasteiger partial charge in [0.1, 0.15) is 11.1 Å². The van der Waals surface area contributed by atoms with Crippen LogP contribution in [0, 0.1) is 79.2 Å². The smallest absolute Gasteiger partial charge is 0.313 e. The first-order chi connectivity index (χ1) is 48.6. The maximum atomic E-state index is 12.1. The van der Waals surface area contributed by atoms with Crippen molar-refractivity contribution in [1.82, 2.24) is 112 Å². The summed E-state index contributed by atoms with van der Waals surface area (Å²) in [6.07, 6.45) is 14.1. The summed E-state index contributed by atoms with van der Waals surface area (Å²) in [5.74, 6) is 0. The van der Waals surface area contributed by atoms with Crippen LogP contribution in [0.4, 0.5) is 0 Å². The van der Waals surface area contributed by atoms with Crippen molar-refractivity contribution in [2.45, 2.75) is 67.6 Å². The third kappa shape index (κ3) is 36.5. The molecule has 546 valence electrons. The zero-order valence-corrected chi connectivity index (χ0v) is 124. The minimum Gasteiger partial charge on any atom is -0.567 e. The number of rotatable bonds is 6. The molecule has 12 aromatic rings. The predicted molar refractivity (Wildman–Crippen MR) is 327 cm³/mol. The standard InChI is InChI=1S/6C9H10N4O2.22Y/c6*1-4-13-8(14)6-7(10-5-11(6)2)12(3)9(13)15;;;;;;;;;;;;;;;;;;;;;;/h2*4H,1-3H3;2*3-4H2,1-2H3;2*2,4H2,1,3H3;;;;;;;;;;;;;;;;;;;;;;/q6*-2;;;;;;;;;;;;;;;;;;;;;;/i3D3;2D3;4D2;2D3;4D2;3D3;;;;;;;;;;;;;;;;;;;;;;. The van der Waals surface area contributed by atoms with Crippen LogP contribution in [0.1, 0.15) is 63.5 Å². The van der Waals surface area contributed by atoms with Gasteiger partial charge in [-0.25, -0.2) is 9.59 Å². The Morgan fingerprint density at radius 3 is 0.893 bits per heavy atom. The van der Waals surface area contributed by atoms with Gasteiger partial charge in [0.15, 0.2) is 11.1 Å². The molecule has 0 atom stereocenters. The van der Waals surface area contributed by atoms with Crippen LogP contribution < -0.4 is 67.5 Å². The van der Waals surface area contributed by atoms with Gasteiger partial charge in [0, 0.05) is 793 Å². The molecule has 0 aliphatic heterocycles. The number of aromatic nitrogens is 24. The second kappa shape index (κ2) is 75.6. The number of fused-ring (bicyclic) bond motifs is 6. The van der Waals surface area contributed by atoms with Gasteiger partial charge in [0.05, 0.1) is 0 Å². The molecule has 0 aliphatic carbocycles. The first kappa shape index (κ1) is 122. The predicted octanol–water partition coefficient (Wildman–Crippen LogP) is -4.10. The van der Waals surface area contributed by atoms with Gasteiger partial charge in [0.25, 0.3) is 0 Å². The zero-order chi connectivity index (χ0) is 80.6. The van der Waals surface area contributed by atoms with E-state index in [2.05, 4.69) is 96.1 Å². The topological polar surface area (TPSA) is 371 Å². The SMILES string of the molecule is [2H]C([2H])(C)n1c(=O)c2c(n[c-]n2C)n([CH2-])c1=O.[2H]C([2H])(C)n1c(=O)c2c(n[c-]n2[CH2-])n(C)c1=O.[2H]C([2H])([2H])n1[c-]nc2c1c(=O)n(CC)c(=O)n2[CH2-].[2H]C([2H])([2H])n1[c-]nc2c1c(=O)n([CH-]C)c(=O)n2C.[2H]C([2H])([2H])n1c(=O)n(CC)c(=O)c2c1n[c-]n2[CH2-].[2H]C([2H])([2H])n1c(=O)n([CH-]C)c(=O)c2c1n[c-]n2C.[Y].[Y].[Y].[Y].[Y].[Y].[Y].[Y].[Y].[Y].[Y].[Y].[Y].[Y].[Y].[Y].[Y].[Y].[Y].[Y].[Y].[Y]. The minimum absolute atomic E-state index is 0. The Balaban J connectivity index is -0.0000000812. The zero-order valence-electron chi connectivity index (χ0n) is 77.7. The molecule has 58 heteroatoms. The maximum absolute atomic E-state index is 12.1. The maximum Gasteiger partial charge on any atom is 0.313 e. The third-order valence-electron chi connectivity index (χ3n) is 13.0. The average Bonchev–Trinajstić information content (AvgIpc) is 1.61. The fourth-order valence-corrected chi connectivity index (χ4v) is 8.43. The van der Waals surface area contributed by atoms with E-state index in [1.165, 1.54) is 64.3 Å². The van der Waals surface area contributed by atoms with Crippen molar-refractivity contribution in [3.8, 4) is 0 Å². The Morgan fingerprint density at radius 2 is 0.536 bits per heavy atom. The first-order valence-corrected chi connectivity index (χ1v) is 25.3. The molecule has 0 saturated heterocycles. The van der Waals surface area contributed by atoms with Gasteiger partial charge >= 0.3 is 11.4 Å². The molecular weight excluding hydrogens is 3130 g/mol. The summed E-state index contributed by atoms with van der Waals surface area (Å²) >= 11 is 0. The Morgan fingerprint density at radius 1 is 0.304 bits per heavy atom. The van der Waals surface area contributed by atoms with Crippen molar-refractivity contribution in [2.75, 3.05) is 0 Å². The van der Waals surface area contributed by atoms with Crippen LogP contribution in [-0.4, -0.2) is 112 Å². The van der Waals surface area contributed by atoms with Crippen LogP contribution in [0.2, 0.25) is 0 Å². The van der Waals surface area contributed by atoms with Gasteiger partial charge in [-0.3, -0.25) is 28.3 Å². The number of aryl methyl sites for hydroxylation is 8. The van der Waals surface area contributed by atoms with E-state index < -0.39 is 108 Å². The molecule has 0 aliphatic rings. The molecule has 0 aromatic carbocycles. The van der Waals surface area contributed by atoms with E-state index >= 15 is 0 Å². The molecule has 12 heterocycles. The third-order valence-corrected chi connectivity index (χ3v) is 13.0. The van der Waals surface area contributed by atoms with Crippen LogP contribution in [0.25, 0.3) is 67.0 Å². The monoisotopic (exact) mass is 3210 g/mol. The van der Waals surface area contributed by atoms with Crippen molar-refractivity contribution in [2.24, 2.45) is 56.1 Å². The molecule has 12 aromatic heterocycles. The molecule has 0 unspecified atom stereocenters. The van der Waals surface area contributed by atoms with Gasteiger partial charge in [0.2, 0.25) is 33.9 Å². The van der Waals surface area contributed by atoms with E-state index in [-0.39, 0.29) is 800 Å². The summed E-state index contributed by atoms with van der Waals surface area (Å²) in [6.45, 7) is -3.68. The normalized spacial score (nSPS) is 11.7. The molecule has 0 amide bonds. The molecule has 0 spiro atoms. The number of hydrogen-bond donors (Lipinski definition) is 0. The Kier molecular flexibility index (Phi) is 82.6. The van der Waals surface area contributed by atoms with Gasteiger partial charge in [-0.1, -0.05) is 36.2 Å². The first-order valence-electron chi connectivity index (χ1n) is 33.3. The van der Waals surface area contributed by atoms with Crippen LogP contribution in [0.15, 0.2) is 57.5 Å². The number of hydrogen-bond acceptors (Lipinski definition) is 18. The van der Waals surface area contributed by atoms with Crippen molar-refractivity contribution in [3.63, 3.8) is 0 Å². The molecule has 12 rings (SSSR count). The van der Waals surface area contributed by atoms with Gasteiger partial charge in [-0.15, -0.1) is 50.9 Å². The average molecular weight is 3210 g/mol. The fraction of sp³-hybridized carbons (Fsp3) is 0.333. The summed E-state index contributed by atoms with van der Waals surface area (Å²) in [5.41, 5.74) is -9.45.